The zero-order valence-corrected chi connectivity index (χ0v) is 12.4. The summed E-state index contributed by atoms with van der Waals surface area (Å²) in [6, 6.07) is 2.16. The number of hydrogen-bond donors (Lipinski definition) is 0. The van der Waals surface area contributed by atoms with Gasteiger partial charge in [0.25, 0.3) is 0 Å². The highest BCUT2D eigenvalue weighted by Gasteiger charge is 2.25. The molecule has 0 fully saturated rings. The molecule has 0 aliphatic rings. The molecule has 0 N–H and O–H groups in total. The van der Waals surface area contributed by atoms with Crippen LogP contribution in [0.2, 0.25) is 0 Å². The molecule has 0 unspecified atom stereocenters. The summed E-state index contributed by atoms with van der Waals surface area (Å²) >= 11 is 0. The summed E-state index contributed by atoms with van der Waals surface area (Å²) < 4.78 is 2.04. The van der Waals surface area contributed by atoms with Gasteiger partial charge in [0.2, 0.25) is 6.41 Å². The Hall–Kier alpha value is -1.32. The van der Waals surface area contributed by atoms with E-state index in [2.05, 4.69) is 45.8 Å². The molecule has 1 aromatic heterocycles. The lowest BCUT2D eigenvalue weighted by atomic mass is 9.96. The van der Waals surface area contributed by atoms with Gasteiger partial charge in [-0.2, -0.15) is 5.10 Å². The van der Waals surface area contributed by atoms with E-state index in [0.29, 0.717) is 5.92 Å². The summed E-state index contributed by atoms with van der Waals surface area (Å²) in [5, 5.41) is 4.61. The number of carbonyl (C=O) groups excluding carboxylic acids is 1. The molecule has 1 amide bonds. The lowest BCUT2D eigenvalue weighted by molar-refractivity contribution is -0.121. The third-order valence-electron chi connectivity index (χ3n) is 3.50. The third-order valence-corrected chi connectivity index (χ3v) is 3.50. The Morgan fingerprint density at radius 2 is 2.11 bits per heavy atom. The molecule has 0 aromatic carbocycles. The van der Waals surface area contributed by atoms with Crippen LogP contribution in [0.5, 0.6) is 0 Å². The Kier molecular flexibility index (Phi) is 4.54. The fourth-order valence-corrected chi connectivity index (χ4v) is 1.89. The number of nitrogens with zero attached hydrogens (tertiary/aromatic N) is 3. The zero-order valence-electron chi connectivity index (χ0n) is 12.4. The highest BCUT2D eigenvalue weighted by molar-refractivity contribution is 5.48. The van der Waals surface area contributed by atoms with Gasteiger partial charge in [0, 0.05) is 31.2 Å². The molecule has 0 radical (unpaired) electrons. The molecule has 0 aliphatic heterocycles. The average Bonchev–Trinajstić information content (AvgIpc) is 2.70. The number of amides is 1. The molecular weight excluding hydrogens is 226 g/mol. The molecule has 0 saturated carbocycles. The van der Waals surface area contributed by atoms with Crippen molar-refractivity contribution in [2.75, 3.05) is 7.05 Å². The molecule has 1 aromatic rings. The van der Waals surface area contributed by atoms with Crippen molar-refractivity contribution in [3.8, 4) is 0 Å². The Morgan fingerprint density at radius 3 is 2.56 bits per heavy atom. The van der Waals surface area contributed by atoms with Crippen molar-refractivity contribution >= 4 is 6.41 Å². The maximum atomic E-state index is 10.9. The second kappa shape index (κ2) is 5.55. The maximum absolute atomic E-state index is 10.9. The van der Waals surface area contributed by atoms with Crippen LogP contribution in [-0.2, 0) is 17.8 Å². The van der Waals surface area contributed by atoms with Gasteiger partial charge in [-0.25, -0.2) is 0 Å². The van der Waals surface area contributed by atoms with Gasteiger partial charge in [-0.15, -0.1) is 0 Å². The van der Waals surface area contributed by atoms with Gasteiger partial charge in [-0.3, -0.25) is 9.48 Å². The van der Waals surface area contributed by atoms with Crippen molar-refractivity contribution in [1.82, 2.24) is 14.7 Å². The molecule has 4 heteroatoms. The molecule has 4 nitrogen and oxygen atoms in total. The van der Waals surface area contributed by atoms with Crippen molar-refractivity contribution in [2.24, 2.45) is 0 Å². The van der Waals surface area contributed by atoms with E-state index in [-0.39, 0.29) is 5.54 Å². The molecule has 0 spiro atoms. The van der Waals surface area contributed by atoms with E-state index >= 15 is 0 Å². The van der Waals surface area contributed by atoms with E-state index in [1.165, 1.54) is 5.69 Å². The molecule has 102 valence electrons. The molecule has 0 atom stereocenters. The Labute approximate surface area is 110 Å². The first-order valence-electron chi connectivity index (χ1n) is 6.56. The normalized spacial score (nSPS) is 11.9. The highest BCUT2D eigenvalue weighted by Crippen LogP contribution is 2.21. The fourth-order valence-electron chi connectivity index (χ4n) is 1.89. The summed E-state index contributed by atoms with van der Waals surface area (Å²) in [4.78, 5) is 12.6. The first-order chi connectivity index (χ1) is 8.31. The molecule has 0 aliphatic carbocycles. The smallest absolute Gasteiger partial charge is 0.209 e. The standard InChI is InChI=1S/C14H25N3O/c1-7-17-12(8-13(15-17)11(2)3)9-14(4,5)16(6)10-18/h8,10-11H,7,9H2,1-6H3. The monoisotopic (exact) mass is 251 g/mol. The third kappa shape index (κ3) is 3.12. The van der Waals surface area contributed by atoms with E-state index < -0.39 is 0 Å². The average molecular weight is 251 g/mol. The predicted molar refractivity (Wildman–Crippen MR) is 73.6 cm³/mol. The van der Waals surface area contributed by atoms with E-state index in [0.717, 1.165) is 25.1 Å². The van der Waals surface area contributed by atoms with Crippen LogP contribution in [0.3, 0.4) is 0 Å². The van der Waals surface area contributed by atoms with Crippen molar-refractivity contribution in [3.05, 3.63) is 17.5 Å². The van der Waals surface area contributed by atoms with Crippen LogP contribution in [-0.4, -0.2) is 33.7 Å². The molecule has 18 heavy (non-hydrogen) atoms. The van der Waals surface area contributed by atoms with Gasteiger partial charge < -0.3 is 4.90 Å². The van der Waals surface area contributed by atoms with Crippen LogP contribution in [0.15, 0.2) is 6.07 Å². The van der Waals surface area contributed by atoms with Crippen LogP contribution in [0.1, 0.15) is 51.9 Å². The van der Waals surface area contributed by atoms with Crippen LogP contribution in [0, 0.1) is 0 Å². The number of carbonyl (C=O) groups is 1. The SMILES string of the molecule is CCn1nc(C(C)C)cc1CC(C)(C)N(C)C=O. The first-order valence-corrected chi connectivity index (χ1v) is 6.56. The number of likely N-dealkylation sites (N-methyl/N-ethyl adjacent to an activating group) is 1. The van der Waals surface area contributed by atoms with Crippen molar-refractivity contribution in [1.29, 1.82) is 0 Å². The van der Waals surface area contributed by atoms with Gasteiger partial charge in [0.1, 0.15) is 0 Å². The van der Waals surface area contributed by atoms with E-state index in [9.17, 15) is 4.79 Å². The fraction of sp³-hybridized carbons (Fsp3) is 0.714. The van der Waals surface area contributed by atoms with Crippen LogP contribution >= 0.6 is 0 Å². The molecule has 1 heterocycles. The second-order valence-corrected chi connectivity index (χ2v) is 5.74. The summed E-state index contributed by atoms with van der Waals surface area (Å²) in [6.45, 7) is 11.4. The van der Waals surface area contributed by atoms with Gasteiger partial charge >= 0.3 is 0 Å². The lowest BCUT2D eigenvalue weighted by Gasteiger charge is -2.32. The Bertz CT molecular complexity index is 407. The second-order valence-electron chi connectivity index (χ2n) is 5.74. The minimum Gasteiger partial charge on any atom is -0.343 e. The van der Waals surface area contributed by atoms with Gasteiger partial charge in [-0.1, -0.05) is 13.8 Å². The maximum Gasteiger partial charge on any atom is 0.209 e. The van der Waals surface area contributed by atoms with E-state index in [1.54, 1.807) is 4.90 Å². The lowest BCUT2D eigenvalue weighted by Crippen LogP contribution is -2.42. The largest absolute Gasteiger partial charge is 0.343 e. The van der Waals surface area contributed by atoms with Crippen LogP contribution in [0.25, 0.3) is 0 Å². The Balaban J connectivity index is 2.99. The minimum atomic E-state index is -0.192. The van der Waals surface area contributed by atoms with Gasteiger partial charge in [0.05, 0.1) is 5.69 Å². The minimum absolute atomic E-state index is 0.192. The number of aryl methyl sites for hydroxylation is 1. The summed E-state index contributed by atoms with van der Waals surface area (Å²) in [7, 11) is 1.82. The quantitative estimate of drug-likeness (QED) is 0.728. The topological polar surface area (TPSA) is 38.1 Å². The first kappa shape index (κ1) is 14.7. The van der Waals surface area contributed by atoms with Gasteiger partial charge in [0.15, 0.2) is 0 Å². The van der Waals surface area contributed by atoms with Crippen LogP contribution < -0.4 is 0 Å². The number of rotatable bonds is 6. The summed E-state index contributed by atoms with van der Waals surface area (Å²) in [6.07, 6.45) is 1.70. The number of hydrogen-bond acceptors (Lipinski definition) is 2. The summed E-state index contributed by atoms with van der Waals surface area (Å²) in [5.74, 6) is 0.434. The molecule has 1 rings (SSSR count). The molecular formula is C14H25N3O. The van der Waals surface area contributed by atoms with Crippen molar-refractivity contribution in [3.63, 3.8) is 0 Å². The zero-order chi connectivity index (χ0) is 13.9. The molecule has 0 bridgehead atoms. The molecule has 0 saturated heterocycles. The number of aromatic nitrogens is 2. The van der Waals surface area contributed by atoms with Crippen molar-refractivity contribution in [2.45, 2.75) is 59.0 Å². The predicted octanol–water partition coefficient (Wildman–Crippen LogP) is 2.44. The van der Waals surface area contributed by atoms with Crippen LogP contribution in [0.4, 0.5) is 0 Å². The highest BCUT2D eigenvalue weighted by atomic mass is 16.1. The Morgan fingerprint density at radius 1 is 1.50 bits per heavy atom. The van der Waals surface area contributed by atoms with E-state index in [4.69, 9.17) is 0 Å². The van der Waals surface area contributed by atoms with Gasteiger partial charge in [-0.05, 0) is 32.8 Å². The summed E-state index contributed by atoms with van der Waals surface area (Å²) in [5.41, 5.74) is 2.12. The van der Waals surface area contributed by atoms with Crippen molar-refractivity contribution < 1.29 is 4.79 Å². The van der Waals surface area contributed by atoms with E-state index in [1.807, 2.05) is 11.7 Å².